The highest BCUT2D eigenvalue weighted by Gasteiger charge is 2.04. The summed E-state index contributed by atoms with van der Waals surface area (Å²) < 4.78 is 13.1. The molecule has 0 saturated heterocycles. The van der Waals surface area contributed by atoms with Crippen molar-refractivity contribution in [2.45, 2.75) is 6.92 Å². The van der Waals surface area contributed by atoms with E-state index in [1.54, 1.807) is 12.3 Å². The molecule has 19 heavy (non-hydrogen) atoms. The van der Waals surface area contributed by atoms with Crippen LogP contribution in [0.5, 0.6) is 0 Å². The van der Waals surface area contributed by atoms with Crippen LogP contribution in [0.15, 0.2) is 54.7 Å². The number of halogens is 1. The van der Waals surface area contributed by atoms with Gasteiger partial charge in [-0.05, 0) is 42.8 Å². The van der Waals surface area contributed by atoms with Gasteiger partial charge >= 0.3 is 0 Å². The number of hydrogen-bond donors (Lipinski definition) is 1. The molecule has 1 heterocycles. The van der Waals surface area contributed by atoms with Crippen LogP contribution in [-0.4, -0.2) is 4.98 Å². The first-order chi connectivity index (χ1) is 9.24. The average molecular weight is 252 g/mol. The lowest BCUT2D eigenvalue weighted by atomic mass is 10.1. The normalized spacial score (nSPS) is 10.6. The first-order valence-corrected chi connectivity index (χ1v) is 6.11. The van der Waals surface area contributed by atoms with Crippen molar-refractivity contribution >= 4 is 22.3 Å². The van der Waals surface area contributed by atoms with Gasteiger partial charge < -0.3 is 5.32 Å². The van der Waals surface area contributed by atoms with Gasteiger partial charge in [0.15, 0.2) is 0 Å². The number of benzene rings is 2. The highest BCUT2D eigenvalue weighted by atomic mass is 19.1. The van der Waals surface area contributed by atoms with Crippen LogP contribution >= 0.6 is 0 Å². The fraction of sp³-hybridized carbons (Fsp3) is 0.0625. The quantitative estimate of drug-likeness (QED) is 0.730. The zero-order chi connectivity index (χ0) is 13.2. The molecule has 0 atom stereocenters. The number of pyridine rings is 1. The molecule has 0 bridgehead atoms. The number of nitrogens with one attached hydrogen (secondary N) is 1. The summed E-state index contributed by atoms with van der Waals surface area (Å²) in [5.41, 5.74) is 3.69. The number of anilines is 2. The summed E-state index contributed by atoms with van der Waals surface area (Å²) in [6.07, 6.45) is 1.77. The lowest BCUT2D eigenvalue weighted by Crippen LogP contribution is -1.95. The van der Waals surface area contributed by atoms with Crippen LogP contribution in [0.2, 0.25) is 0 Å². The smallest absolute Gasteiger partial charge is 0.123 e. The van der Waals surface area contributed by atoms with E-state index in [4.69, 9.17) is 0 Å². The van der Waals surface area contributed by atoms with Crippen LogP contribution in [0.3, 0.4) is 0 Å². The number of para-hydroxylation sites is 1. The van der Waals surface area contributed by atoms with Crippen molar-refractivity contribution in [1.29, 1.82) is 0 Å². The molecule has 0 aliphatic heterocycles. The molecule has 94 valence electrons. The lowest BCUT2D eigenvalue weighted by molar-refractivity contribution is 0.627. The molecule has 2 aromatic carbocycles. The lowest BCUT2D eigenvalue weighted by Gasteiger charge is -2.11. The molecule has 1 N–H and O–H groups in total. The number of fused-ring (bicyclic) bond motifs is 1. The Morgan fingerprint density at radius 3 is 2.68 bits per heavy atom. The van der Waals surface area contributed by atoms with E-state index in [1.165, 1.54) is 12.1 Å². The van der Waals surface area contributed by atoms with E-state index >= 15 is 0 Å². The van der Waals surface area contributed by atoms with E-state index in [9.17, 15) is 4.39 Å². The summed E-state index contributed by atoms with van der Waals surface area (Å²) in [5, 5.41) is 4.39. The number of hydrogen-bond acceptors (Lipinski definition) is 2. The summed E-state index contributed by atoms with van der Waals surface area (Å²) in [4.78, 5) is 4.32. The fourth-order valence-corrected chi connectivity index (χ4v) is 2.12. The Kier molecular flexibility index (Phi) is 2.88. The van der Waals surface area contributed by atoms with Gasteiger partial charge in [0.05, 0.1) is 5.52 Å². The molecule has 0 spiro atoms. The third-order valence-electron chi connectivity index (χ3n) is 3.11. The second-order valence-electron chi connectivity index (χ2n) is 4.46. The summed E-state index contributed by atoms with van der Waals surface area (Å²) in [5.74, 6) is -0.220. The molecule has 0 unspecified atom stereocenters. The second-order valence-corrected chi connectivity index (χ2v) is 4.46. The minimum absolute atomic E-state index is 0.220. The average Bonchev–Trinajstić information content (AvgIpc) is 2.42. The molecule has 0 fully saturated rings. The van der Waals surface area contributed by atoms with Crippen molar-refractivity contribution < 1.29 is 4.39 Å². The Balaban J connectivity index is 2.06. The van der Waals surface area contributed by atoms with Gasteiger partial charge in [0.1, 0.15) is 5.82 Å². The molecule has 3 rings (SSSR count). The molecule has 0 aliphatic rings. The van der Waals surface area contributed by atoms with Crippen molar-refractivity contribution in [3.05, 3.63) is 66.1 Å². The molecule has 3 heteroatoms. The van der Waals surface area contributed by atoms with Gasteiger partial charge in [0.25, 0.3) is 0 Å². The Morgan fingerprint density at radius 1 is 1.00 bits per heavy atom. The summed E-state index contributed by atoms with van der Waals surface area (Å²) in [7, 11) is 0. The first-order valence-electron chi connectivity index (χ1n) is 6.11. The predicted molar refractivity (Wildman–Crippen MR) is 76.2 cm³/mol. The van der Waals surface area contributed by atoms with Crippen LogP contribution in [0.4, 0.5) is 15.8 Å². The Bertz CT molecular complexity index is 732. The number of aryl methyl sites for hydroxylation is 1. The molecule has 3 aromatic rings. The highest BCUT2D eigenvalue weighted by molar-refractivity contribution is 5.92. The molecule has 1 aromatic heterocycles. The van der Waals surface area contributed by atoms with E-state index in [0.29, 0.717) is 0 Å². The van der Waals surface area contributed by atoms with Crippen LogP contribution in [0, 0.1) is 12.7 Å². The molecule has 0 saturated carbocycles. The van der Waals surface area contributed by atoms with E-state index in [2.05, 4.69) is 10.3 Å². The minimum Gasteiger partial charge on any atom is -0.355 e. The maximum absolute atomic E-state index is 13.1. The zero-order valence-electron chi connectivity index (χ0n) is 10.5. The number of nitrogens with zero attached hydrogens (tertiary/aromatic N) is 1. The SMILES string of the molecule is Cc1cc(F)ccc1Nc1ccnc2ccccc12. The second kappa shape index (κ2) is 4.69. The van der Waals surface area contributed by atoms with Gasteiger partial charge in [-0.1, -0.05) is 18.2 Å². The van der Waals surface area contributed by atoms with Crippen molar-refractivity contribution in [2.75, 3.05) is 5.32 Å². The van der Waals surface area contributed by atoms with Gasteiger partial charge in [-0.15, -0.1) is 0 Å². The Morgan fingerprint density at radius 2 is 1.84 bits per heavy atom. The van der Waals surface area contributed by atoms with Crippen LogP contribution in [0.1, 0.15) is 5.56 Å². The third-order valence-corrected chi connectivity index (χ3v) is 3.11. The van der Waals surface area contributed by atoms with Crippen LogP contribution in [0.25, 0.3) is 10.9 Å². The van der Waals surface area contributed by atoms with Crippen LogP contribution < -0.4 is 5.32 Å². The predicted octanol–water partition coefficient (Wildman–Crippen LogP) is 4.43. The van der Waals surface area contributed by atoms with E-state index < -0.39 is 0 Å². The van der Waals surface area contributed by atoms with Gasteiger partial charge in [0.2, 0.25) is 0 Å². The first kappa shape index (κ1) is 11.7. The van der Waals surface area contributed by atoms with Crippen molar-refractivity contribution in [3.63, 3.8) is 0 Å². The van der Waals surface area contributed by atoms with Gasteiger partial charge in [0, 0.05) is 23.0 Å². The van der Waals surface area contributed by atoms with Crippen molar-refractivity contribution in [1.82, 2.24) is 4.98 Å². The third kappa shape index (κ3) is 2.27. The summed E-state index contributed by atoms with van der Waals surface area (Å²) >= 11 is 0. The summed E-state index contributed by atoms with van der Waals surface area (Å²) in [6, 6.07) is 14.6. The maximum Gasteiger partial charge on any atom is 0.123 e. The standard InChI is InChI=1S/C16H13FN2/c1-11-10-12(17)6-7-14(11)19-16-8-9-18-15-5-3-2-4-13(15)16/h2-10H,1H3,(H,18,19). The molecule has 0 aliphatic carbocycles. The van der Waals surface area contributed by atoms with E-state index in [-0.39, 0.29) is 5.82 Å². The number of rotatable bonds is 2. The van der Waals surface area contributed by atoms with Crippen molar-refractivity contribution in [2.24, 2.45) is 0 Å². The molecule has 0 radical (unpaired) electrons. The monoisotopic (exact) mass is 252 g/mol. The molecule has 2 nitrogen and oxygen atoms in total. The topological polar surface area (TPSA) is 24.9 Å². The molecule has 0 amide bonds. The Hall–Kier alpha value is -2.42. The largest absolute Gasteiger partial charge is 0.355 e. The fourth-order valence-electron chi connectivity index (χ4n) is 2.12. The minimum atomic E-state index is -0.220. The number of aromatic nitrogens is 1. The zero-order valence-corrected chi connectivity index (χ0v) is 10.5. The highest BCUT2D eigenvalue weighted by Crippen LogP contribution is 2.26. The molecular weight excluding hydrogens is 239 g/mol. The van der Waals surface area contributed by atoms with Gasteiger partial charge in [-0.2, -0.15) is 0 Å². The van der Waals surface area contributed by atoms with Gasteiger partial charge in [-0.3, -0.25) is 4.98 Å². The summed E-state index contributed by atoms with van der Waals surface area (Å²) in [6.45, 7) is 1.88. The van der Waals surface area contributed by atoms with Gasteiger partial charge in [-0.25, -0.2) is 4.39 Å². The van der Waals surface area contributed by atoms with E-state index in [0.717, 1.165) is 27.8 Å². The van der Waals surface area contributed by atoms with E-state index in [1.807, 2.05) is 37.3 Å². The maximum atomic E-state index is 13.1. The molecular formula is C16H13FN2. The Labute approximate surface area is 110 Å². The van der Waals surface area contributed by atoms with Crippen molar-refractivity contribution in [3.8, 4) is 0 Å². The van der Waals surface area contributed by atoms with Crippen LogP contribution in [-0.2, 0) is 0 Å².